The Morgan fingerprint density at radius 3 is 2.29 bits per heavy atom. The summed E-state index contributed by atoms with van der Waals surface area (Å²) in [6.07, 6.45) is 0.754. The van der Waals surface area contributed by atoms with E-state index in [0.29, 0.717) is 0 Å². The Balaban J connectivity index is 2.39. The number of amides is 1. The van der Waals surface area contributed by atoms with E-state index in [-0.39, 0.29) is 11.3 Å². The Morgan fingerprint density at radius 1 is 1.12 bits per heavy atom. The van der Waals surface area contributed by atoms with E-state index in [9.17, 15) is 4.79 Å². The molecule has 0 bridgehead atoms. The molecule has 2 aromatic rings. The zero-order valence-corrected chi connectivity index (χ0v) is 16.2. The third-order valence-corrected chi connectivity index (χ3v) is 6.25. The smallest absolute Gasteiger partial charge is 0.227 e. The largest absolute Gasteiger partial charge is 0.369 e. The number of primary amides is 1. The van der Waals surface area contributed by atoms with Crippen molar-refractivity contribution in [2.24, 2.45) is 5.73 Å². The summed E-state index contributed by atoms with van der Waals surface area (Å²) in [7, 11) is 0. The number of nitrogens with zero attached hydrogens (tertiary/aromatic N) is 1. The molecule has 1 aromatic heterocycles. The molecule has 0 aliphatic heterocycles. The fourth-order valence-electron chi connectivity index (χ4n) is 4.80. The van der Waals surface area contributed by atoms with Crippen molar-refractivity contribution in [1.82, 2.24) is 4.57 Å². The van der Waals surface area contributed by atoms with Crippen LogP contribution in [0.2, 0.25) is 0 Å². The number of nitrogens with two attached hydrogens (primary N) is 1. The molecule has 128 valence electrons. The normalized spacial score (nSPS) is 21.8. The van der Waals surface area contributed by atoms with E-state index < -0.39 is 5.41 Å². The Morgan fingerprint density at radius 2 is 1.71 bits per heavy atom. The summed E-state index contributed by atoms with van der Waals surface area (Å²) in [5, 5.41) is 0. The van der Waals surface area contributed by atoms with Crippen LogP contribution in [0, 0.1) is 20.8 Å². The number of fused-ring (bicyclic) bond motifs is 1. The van der Waals surface area contributed by atoms with Crippen LogP contribution >= 0.6 is 12.6 Å². The van der Waals surface area contributed by atoms with Gasteiger partial charge in [0.1, 0.15) is 0 Å². The lowest BCUT2D eigenvalue weighted by Gasteiger charge is -2.27. The number of rotatable bonds is 2. The van der Waals surface area contributed by atoms with Gasteiger partial charge in [0.25, 0.3) is 0 Å². The van der Waals surface area contributed by atoms with Crippen LogP contribution in [-0.4, -0.2) is 10.5 Å². The molecule has 1 aliphatic carbocycles. The molecular formula is C20H26N2OS. The molecule has 1 unspecified atom stereocenters. The summed E-state index contributed by atoms with van der Waals surface area (Å²) in [4.78, 5) is 13.3. The Labute approximate surface area is 149 Å². The SMILES string of the molecule is Cc1cccc(-n2c(C)c3c(c2C)C(C)(C(N)=O)CC3(C)C)c1S. The first-order chi connectivity index (χ1) is 11.0. The molecule has 0 saturated heterocycles. The third-order valence-electron chi connectivity index (χ3n) is 5.67. The van der Waals surface area contributed by atoms with Crippen molar-refractivity contribution in [3.05, 3.63) is 46.3 Å². The Kier molecular flexibility index (Phi) is 3.69. The van der Waals surface area contributed by atoms with Crippen molar-refractivity contribution in [2.75, 3.05) is 0 Å². The quantitative estimate of drug-likeness (QED) is 0.793. The highest BCUT2D eigenvalue weighted by atomic mass is 32.1. The maximum absolute atomic E-state index is 12.3. The molecule has 1 atom stereocenters. The van der Waals surface area contributed by atoms with Crippen molar-refractivity contribution < 1.29 is 4.79 Å². The molecule has 1 aromatic carbocycles. The number of aromatic nitrogens is 1. The second-order valence-electron chi connectivity index (χ2n) is 7.96. The third kappa shape index (κ3) is 2.08. The van der Waals surface area contributed by atoms with Gasteiger partial charge in [0.2, 0.25) is 5.91 Å². The van der Waals surface area contributed by atoms with Gasteiger partial charge in [-0.15, -0.1) is 12.6 Å². The summed E-state index contributed by atoms with van der Waals surface area (Å²) in [6.45, 7) is 12.7. The molecule has 24 heavy (non-hydrogen) atoms. The van der Waals surface area contributed by atoms with Crippen molar-refractivity contribution in [1.29, 1.82) is 0 Å². The van der Waals surface area contributed by atoms with Crippen LogP contribution in [0.25, 0.3) is 5.69 Å². The van der Waals surface area contributed by atoms with Crippen LogP contribution in [0.5, 0.6) is 0 Å². The zero-order chi connectivity index (χ0) is 18.0. The Bertz CT molecular complexity index is 863. The number of hydrogen-bond acceptors (Lipinski definition) is 2. The second kappa shape index (κ2) is 5.16. The molecule has 2 N–H and O–H groups in total. The van der Waals surface area contributed by atoms with Crippen LogP contribution < -0.4 is 5.73 Å². The lowest BCUT2D eigenvalue weighted by molar-refractivity contribution is -0.123. The molecule has 0 spiro atoms. The minimum atomic E-state index is -0.625. The van der Waals surface area contributed by atoms with E-state index in [1.165, 1.54) is 11.3 Å². The standard InChI is InChI=1S/C20H26N2OS/c1-11-8-7-9-14(17(11)24)22-12(2)15-16(13(22)3)20(6,18(21)23)10-19(15,4)5/h7-9,24H,10H2,1-6H3,(H2,21,23). The first-order valence-electron chi connectivity index (χ1n) is 8.34. The fraction of sp³-hybridized carbons (Fsp3) is 0.450. The molecule has 4 heteroatoms. The van der Waals surface area contributed by atoms with E-state index in [2.05, 4.69) is 51.3 Å². The van der Waals surface area contributed by atoms with Gasteiger partial charge < -0.3 is 10.3 Å². The van der Waals surface area contributed by atoms with Gasteiger partial charge in [0.15, 0.2) is 0 Å². The van der Waals surface area contributed by atoms with Crippen LogP contribution in [0.1, 0.15) is 55.3 Å². The maximum Gasteiger partial charge on any atom is 0.227 e. The predicted octanol–water partition coefficient (Wildman–Crippen LogP) is 4.12. The lowest BCUT2D eigenvalue weighted by Crippen LogP contribution is -2.38. The summed E-state index contributed by atoms with van der Waals surface area (Å²) in [5.41, 5.74) is 12.0. The van der Waals surface area contributed by atoms with Gasteiger partial charge in [-0.1, -0.05) is 26.0 Å². The second-order valence-corrected chi connectivity index (χ2v) is 8.40. The average molecular weight is 343 g/mol. The monoisotopic (exact) mass is 342 g/mol. The zero-order valence-electron chi connectivity index (χ0n) is 15.3. The summed E-state index contributed by atoms with van der Waals surface area (Å²) < 4.78 is 2.24. The summed E-state index contributed by atoms with van der Waals surface area (Å²) >= 11 is 4.72. The van der Waals surface area contributed by atoms with Crippen molar-refractivity contribution in [3.63, 3.8) is 0 Å². The number of thiol groups is 1. The van der Waals surface area contributed by atoms with Gasteiger partial charge in [-0.3, -0.25) is 4.79 Å². The molecule has 3 nitrogen and oxygen atoms in total. The molecular weight excluding hydrogens is 316 g/mol. The van der Waals surface area contributed by atoms with Gasteiger partial charge in [-0.25, -0.2) is 0 Å². The van der Waals surface area contributed by atoms with Crippen LogP contribution in [-0.2, 0) is 15.6 Å². The number of carbonyl (C=O) groups is 1. The topological polar surface area (TPSA) is 48.0 Å². The van der Waals surface area contributed by atoms with Gasteiger partial charge in [0, 0.05) is 16.3 Å². The molecule has 1 aliphatic rings. The van der Waals surface area contributed by atoms with E-state index in [1.54, 1.807) is 0 Å². The fourth-order valence-corrected chi connectivity index (χ4v) is 5.05. The Hall–Kier alpha value is -1.68. The van der Waals surface area contributed by atoms with Crippen molar-refractivity contribution in [3.8, 4) is 5.69 Å². The minimum absolute atomic E-state index is 0.0835. The van der Waals surface area contributed by atoms with E-state index in [1.807, 2.05) is 13.0 Å². The molecule has 0 saturated carbocycles. The van der Waals surface area contributed by atoms with E-state index in [4.69, 9.17) is 18.4 Å². The highest BCUT2D eigenvalue weighted by Gasteiger charge is 2.52. The van der Waals surface area contributed by atoms with E-state index in [0.717, 1.165) is 33.8 Å². The summed E-state index contributed by atoms with van der Waals surface area (Å²) in [5.74, 6) is -0.245. The first kappa shape index (κ1) is 17.2. The van der Waals surface area contributed by atoms with Crippen LogP contribution in [0.4, 0.5) is 0 Å². The number of hydrogen-bond donors (Lipinski definition) is 2. The number of benzene rings is 1. The van der Waals surface area contributed by atoms with Crippen molar-refractivity contribution in [2.45, 2.75) is 63.7 Å². The molecule has 0 radical (unpaired) electrons. The van der Waals surface area contributed by atoms with Gasteiger partial charge in [0.05, 0.1) is 11.1 Å². The molecule has 3 rings (SSSR count). The van der Waals surface area contributed by atoms with Gasteiger partial charge in [-0.05, 0) is 62.3 Å². The molecule has 1 amide bonds. The summed E-state index contributed by atoms with van der Waals surface area (Å²) in [6, 6.07) is 6.19. The van der Waals surface area contributed by atoms with Crippen molar-refractivity contribution >= 4 is 18.5 Å². The van der Waals surface area contributed by atoms with Gasteiger partial charge in [-0.2, -0.15) is 0 Å². The highest BCUT2D eigenvalue weighted by molar-refractivity contribution is 7.80. The molecule has 1 heterocycles. The predicted molar refractivity (Wildman–Crippen MR) is 101 cm³/mol. The van der Waals surface area contributed by atoms with Gasteiger partial charge >= 0.3 is 0 Å². The maximum atomic E-state index is 12.3. The van der Waals surface area contributed by atoms with Crippen LogP contribution in [0.3, 0.4) is 0 Å². The first-order valence-corrected chi connectivity index (χ1v) is 8.79. The highest BCUT2D eigenvalue weighted by Crippen LogP contribution is 2.53. The number of carbonyl (C=O) groups excluding carboxylic acids is 1. The lowest BCUT2D eigenvalue weighted by atomic mass is 9.79. The average Bonchev–Trinajstić information content (AvgIpc) is 2.86. The number of aryl methyl sites for hydroxylation is 1. The van der Waals surface area contributed by atoms with Crippen LogP contribution in [0.15, 0.2) is 23.1 Å². The molecule has 0 fully saturated rings. The minimum Gasteiger partial charge on any atom is -0.369 e. The van der Waals surface area contributed by atoms with E-state index >= 15 is 0 Å².